The standard InChI is InChI=1S/C4H7ClN2O3S/c5-3-11(9,10)7-2-1-6-4(7)8/h1-3H2,(H,6,8). The Hall–Kier alpha value is -0.490. The van der Waals surface area contributed by atoms with Crippen LogP contribution in [-0.4, -0.2) is 37.1 Å². The highest BCUT2D eigenvalue weighted by molar-refractivity contribution is 7.90. The van der Waals surface area contributed by atoms with Gasteiger partial charge in [-0.3, -0.25) is 0 Å². The van der Waals surface area contributed by atoms with Crippen LogP contribution < -0.4 is 5.32 Å². The van der Waals surface area contributed by atoms with Crippen LogP contribution in [0.15, 0.2) is 0 Å². The van der Waals surface area contributed by atoms with Crippen LogP contribution in [0.5, 0.6) is 0 Å². The first-order chi connectivity index (χ1) is 5.08. The minimum Gasteiger partial charge on any atom is -0.335 e. The molecule has 0 spiro atoms. The summed E-state index contributed by atoms with van der Waals surface area (Å²) in [6, 6.07) is -0.592. The van der Waals surface area contributed by atoms with Crippen molar-refractivity contribution in [1.29, 1.82) is 0 Å². The zero-order valence-corrected chi connectivity index (χ0v) is 7.15. The van der Waals surface area contributed by atoms with E-state index in [0.717, 1.165) is 4.31 Å². The Kier molecular flexibility index (Phi) is 2.24. The number of halogens is 1. The molecule has 0 aromatic heterocycles. The van der Waals surface area contributed by atoms with Crippen molar-refractivity contribution in [2.24, 2.45) is 0 Å². The van der Waals surface area contributed by atoms with Crippen LogP contribution >= 0.6 is 11.6 Å². The minimum atomic E-state index is -3.56. The topological polar surface area (TPSA) is 66.5 Å². The van der Waals surface area contributed by atoms with Gasteiger partial charge in [-0.25, -0.2) is 17.5 Å². The monoisotopic (exact) mass is 198 g/mol. The van der Waals surface area contributed by atoms with E-state index in [4.69, 9.17) is 11.6 Å². The number of hydrogen-bond acceptors (Lipinski definition) is 3. The molecule has 1 saturated heterocycles. The molecule has 0 atom stereocenters. The van der Waals surface area contributed by atoms with Gasteiger partial charge < -0.3 is 5.32 Å². The fourth-order valence-electron chi connectivity index (χ4n) is 0.778. The van der Waals surface area contributed by atoms with Gasteiger partial charge in [0.15, 0.2) is 0 Å². The number of nitrogens with zero attached hydrogens (tertiary/aromatic N) is 1. The molecule has 0 radical (unpaired) electrons. The number of rotatable bonds is 2. The predicted molar refractivity (Wildman–Crippen MR) is 39.7 cm³/mol. The number of hydrogen-bond donors (Lipinski definition) is 1. The summed E-state index contributed by atoms with van der Waals surface area (Å²) in [5.74, 6) is 0. The molecule has 64 valence electrons. The highest BCUT2D eigenvalue weighted by atomic mass is 35.5. The molecule has 1 fully saturated rings. The number of urea groups is 1. The van der Waals surface area contributed by atoms with Crippen molar-refractivity contribution in [3.05, 3.63) is 0 Å². The molecule has 0 aromatic carbocycles. The first-order valence-corrected chi connectivity index (χ1v) is 5.06. The third-order valence-electron chi connectivity index (χ3n) is 1.29. The Morgan fingerprint density at radius 1 is 1.64 bits per heavy atom. The van der Waals surface area contributed by atoms with Crippen molar-refractivity contribution < 1.29 is 13.2 Å². The van der Waals surface area contributed by atoms with Crippen LogP contribution in [0, 0.1) is 0 Å². The molecule has 1 rings (SSSR count). The van der Waals surface area contributed by atoms with Gasteiger partial charge in [-0.2, -0.15) is 0 Å². The maximum Gasteiger partial charge on any atom is 0.331 e. The zero-order chi connectivity index (χ0) is 8.48. The normalized spacial score (nSPS) is 18.6. The van der Waals surface area contributed by atoms with Gasteiger partial charge in [0.2, 0.25) is 0 Å². The van der Waals surface area contributed by atoms with Crippen molar-refractivity contribution in [2.75, 3.05) is 18.3 Å². The number of alkyl halides is 1. The maximum absolute atomic E-state index is 10.9. The maximum atomic E-state index is 10.9. The van der Waals surface area contributed by atoms with E-state index in [0.29, 0.717) is 6.54 Å². The number of nitrogens with one attached hydrogen (secondary N) is 1. The lowest BCUT2D eigenvalue weighted by Crippen LogP contribution is -2.34. The van der Waals surface area contributed by atoms with Crippen LogP contribution in [0.3, 0.4) is 0 Å². The number of carbonyl (C=O) groups is 1. The van der Waals surface area contributed by atoms with E-state index in [1.54, 1.807) is 0 Å². The second-order valence-electron chi connectivity index (χ2n) is 2.03. The Bertz CT molecular complexity index is 263. The first-order valence-electron chi connectivity index (χ1n) is 2.92. The lowest BCUT2D eigenvalue weighted by molar-refractivity contribution is 0.236. The van der Waals surface area contributed by atoms with E-state index in [1.807, 2.05) is 0 Å². The van der Waals surface area contributed by atoms with E-state index in [2.05, 4.69) is 5.32 Å². The highest BCUT2D eigenvalue weighted by Gasteiger charge is 2.30. The van der Waals surface area contributed by atoms with E-state index < -0.39 is 21.3 Å². The zero-order valence-electron chi connectivity index (χ0n) is 5.58. The quantitative estimate of drug-likeness (QED) is 0.611. The van der Waals surface area contributed by atoms with Gasteiger partial charge >= 0.3 is 6.03 Å². The third kappa shape index (κ3) is 1.57. The van der Waals surface area contributed by atoms with Crippen molar-refractivity contribution >= 4 is 27.7 Å². The van der Waals surface area contributed by atoms with Gasteiger partial charge in [0.25, 0.3) is 10.0 Å². The van der Waals surface area contributed by atoms with Crippen molar-refractivity contribution in [3.63, 3.8) is 0 Å². The van der Waals surface area contributed by atoms with Gasteiger partial charge in [-0.15, -0.1) is 11.6 Å². The summed E-state index contributed by atoms with van der Waals surface area (Å²) in [5.41, 5.74) is 0. The summed E-state index contributed by atoms with van der Waals surface area (Å²) in [7, 11) is -3.56. The van der Waals surface area contributed by atoms with Gasteiger partial charge in [0, 0.05) is 6.54 Å². The van der Waals surface area contributed by atoms with E-state index in [9.17, 15) is 13.2 Å². The molecule has 1 aliphatic heterocycles. The summed E-state index contributed by atoms with van der Waals surface area (Å²) in [4.78, 5) is 10.8. The molecule has 11 heavy (non-hydrogen) atoms. The Morgan fingerprint density at radius 3 is 2.64 bits per heavy atom. The van der Waals surface area contributed by atoms with E-state index in [1.165, 1.54) is 0 Å². The lowest BCUT2D eigenvalue weighted by Gasteiger charge is -2.11. The largest absolute Gasteiger partial charge is 0.335 e. The van der Waals surface area contributed by atoms with Gasteiger partial charge in [-0.05, 0) is 0 Å². The molecule has 1 aliphatic rings. The summed E-state index contributed by atoms with van der Waals surface area (Å²) in [6.07, 6.45) is 0. The molecule has 5 nitrogen and oxygen atoms in total. The Balaban J connectivity index is 2.83. The van der Waals surface area contributed by atoms with Crippen LogP contribution in [0.2, 0.25) is 0 Å². The minimum absolute atomic E-state index is 0.174. The Labute approximate surface area is 69.4 Å². The molecule has 0 aliphatic carbocycles. The van der Waals surface area contributed by atoms with Crippen LogP contribution in [0.4, 0.5) is 4.79 Å². The van der Waals surface area contributed by atoms with E-state index >= 15 is 0 Å². The fraction of sp³-hybridized carbons (Fsp3) is 0.750. The summed E-state index contributed by atoms with van der Waals surface area (Å²) in [6.45, 7) is 0.531. The SMILES string of the molecule is O=C1NCCN1S(=O)(=O)CCl. The molecule has 0 unspecified atom stereocenters. The van der Waals surface area contributed by atoms with Gasteiger partial charge in [0.1, 0.15) is 5.21 Å². The highest BCUT2D eigenvalue weighted by Crippen LogP contribution is 2.06. The summed E-state index contributed by atoms with van der Waals surface area (Å²) < 4.78 is 22.6. The molecule has 7 heteroatoms. The second kappa shape index (κ2) is 2.86. The Morgan fingerprint density at radius 2 is 2.27 bits per heavy atom. The smallest absolute Gasteiger partial charge is 0.331 e. The van der Waals surface area contributed by atoms with Crippen LogP contribution in [-0.2, 0) is 10.0 Å². The number of sulfonamides is 1. The summed E-state index contributed by atoms with van der Waals surface area (Å²) >= 11 is 5.13. The first kappa shape index (κ1) is 8.61. The average Bonchev–Trinajstić information content (AvgIpc) is 2.36. The van der Waals surface area contributed by atoms with Gasteiger partial charge in [-0.1, -0.05) is 0 Å². The molecule has 0 saturated carbocycles. The van der Waals surface area contributed by atoms with Crippen LogP contribution in [0.25, 0.3) is 0 Å². The summed E-state index contributed by atoms with van der Waals surface area (Å²) in [5, 5.41) is 1.80. The second-order valence-corrected chi connectivity index (χ2v) is 4.50. The number of carbonyl (C=O) groups excluding carboxylic acids is 1. The lowest BCUT2D eigenvalue weighted by atomic mass is 10.7. The predicted octanol–water partition coefficient (Wildman–Crippen LogP) is -0.462. The molecule has 2 amide bonds. The molecule has 0 bridgehead atoms. The number of amides is 2. The molecule has 0 aromatic rings. The van der Waals surface area contributed by atoms with Crippen molar-refractivity contribution in [1.82, 2.24) is 9.62 Å². The van der Waals surface area contributed by atoms with E-state index in [-0.39, 0.29) is 6.54 Å². The molecular weight excluding hydrogens is 192 g/mol. The van der Waals surface area contributed by atoms with Gasteiger partial charge in [0.05, 0.1) is 6.54 Å². The molecular formula is C4H7ClN2O3S. The van der Waals surface area contributed by atoms with Crippen molar-refractivity contribution in [2.45, 2.75) is 0 Å². The van der Waals surface area contributed by atoms with Crippen molar-refractivity contribution in [3.8, 4) is 0 Å². The molecule has 1 heterocycles. The molecule has 1 N–H and O–H groups in total. The van der Waals surface area contributed by atoms with Crippen LogP contribution in [0.1, 0.15) is 0 Å². The fourth-order valence-corrected chi connectivity index (χ4v) is 1.94. The average molecular weight is 199 g/mol. The third-order valence-corrected chi connectivity index (χ3v) is 3.41.